The summed E-state index contributed by atoms with van der Waals surface area (Å²) in [7, 11) is 0. The number of hydrogen-bond donors (Lipinski definition) is 1. The van der Waals surface area contributed by atoms with Gasteiger partial charge in [-0.15, -0.1) is 5.10 Å². The molecule has 1 aromatic heterocycles. The maximum Gasteiger partial charge on any atom is 0.0925 e. The summed E-state index contributed by atoms with van der Waals surface area (Å²) >= 11 is 3.42. The van der Waals surface area contributed by atoms with Gasteiger partial charge >= 0.3 is 0 Å². The maximum atomic E-state index is 6.35. The number of thioether (sulfide) groups is 1. The molecule has 3 rings (SSSR count). The predicted octanol–water partition coefficient (Wildman–Crippen LogP) is 2.23. The Morgan fingerprint density at radius 2 is 2.28 bits per heavy atom. The smallest absolute Gasteiger partial charge is 0.0925 e. The van der Waals surface area contributed by atoms with E-state index in [2.05, 4.69) is 9.59 Å². The lowest BCUT2D eigenvalue weighted by atomic mass is 9.78. The van der Waals surface area contributed by atoms with E-state index in [1.165, 1.54) is 35.9 Å². The van der Waals surface area contributed by atoms with Gasteiger partial charge in [0.2, 0.25) is 0 Å². The second-order valence-corrected chi connectivity index (χ2v) is 7.09. The van der Waals surface area contributed by atoms with E-state index in [1.807, 2.05) is 17.1 Å². The van der Waals surface area contributed by atoms with Gasteiger partial charge in [0.25, 0.3) is 0 Å². The molecule has 100 valence electrons. The molecule has 2 N–H and O–H groups in total. The summed E-state index contributed by atoms with van der Waals surface area (Å²) in [6, 6.07) is 0.0269. The standard InChI is InChI=1S/C12H19N3OS2/c13-11(10-8-18-15-14-10)9-1-4-16-12(7-9)2-5-17-6-3-12/h8-9,11H,1-7,13H2. The van der Waals surface area contributed by atoms with Crippen LogP contribution < -0.4 is 5.73 Å². The van der Waals surface area contributed by atoms with Crippen molar-refractivity contribution in [3.8, 4) is 0 Å². The zero-order valence-electron chi connectivity index (χ0n) is 10.4. The Labute approximate surface area is 116 Å². The average Bonchev–Trinajstić information content (AvgIpc) is 2.93. The van der Waals surface area contributed by atoms with Crippen LogP contribution in [0.25, 0.3) is 0 Å². The third-order valence-electron chi connectivity index (χ3n) is 4.16. The normalized spacial score (nSPS) is 29.3. The Bertz CT molecular complexity index is 373. The van der Waals surface area contributed by atoms with Gasteiger partial charge < -0.3 is 10.5 Å². The van der Waals surface area contributed by atoms with E-state index < -0.39 is 0 Å². The molecule has 4 nitrogen and oxygen atoms in total. The lowest BCUT2D eigenvalue weighted by molar-refractivity contribution is -0.106. The monoisotopic (exact) mass is 285 g/mol. The molecule has 2 aliphatic heterocycles. The van der Waals surface area contributed by atoms with E-state index in [-0.39, 0.29) is 11.6 Å². The molecule has 3 heterocycles. The molecule has 0 saturated carbocycles. The maximum absolute atomic E-state index is 6.35. The molecule has 0 bridgehead atoms. The van der Waals surface area contributed by atoms with E-state index in [0.29, 0.717) is 5.92 Å². The number of nitrogens with two attached hydrogens (primary N) is 1. The van der Waals surface area contributed by atoms with Crippen LogP contribution in [0.15, 0.2) is 5.38 Å². The summed E-state index contributed by atoms with van der Waals surface area (Å²) in [5.41, 5.74) is 7.41. The molecule has 2 saturated heterocycles. The lowest BCUT2D eigenvalue weighted by Crippen LogP contribution is -2.45. The first-order valence-corrected chi connectivity index (χ1v) is 8.52. The third kappa shape index (κ3) is 2.57. The van der Waals surface area contributed by atoms with Gasteiger partial charge in [0.05, 0.1) is 17.3 Å². The number of hydrogen-bond acceptors (Lipinski definition) is 6. The molecule has 0 aliphatic carbocycles. The second kappa shape index (κ2) is 5.45. The van der Waals surface area contributed by atoms with Crippen LogP contribution >= 0.6 is 23.3 Å². The van der Waals surface area contributed by atoms with E-state index >= 15 is 0 Å². The van der Waals surface area contributed by atoms with Gasteiger partial charge in [0.15, 0.2) is 0 Å². The molecule has 2 unspecified atom stereocenters. The van der Waals surface area contributed by atoms with Crippen molar-refractivity contribution < 1.29 is 4.74 Å². The van der Waals surface area contributed by atoms with Gasteiger partial charge in [-0.05, 0) is 54.6 Å². The molecule has 0 amide bonds. The SMILES string of the molecule is NC(c1csnn1)C1CCOC2(CCSCC2)C1. The van der Waals surface area contributed by atoms with E-state index in [9.17, 15) is 0 Å². The minimum Gasteiger partial charge on any atom is -0.375 e. The lowest BCUT2D eigenvalue weighted by Gasteiger charge is -2.44. The molecule has 2 fully saturated rings. The van der Waals surface area contributed by atoms with Crippen molar-refractivity contribution in [3.63, 3.8) is 0 Å². The Kier molecular flexibility index (Phi) is 3.89. The number of rotatable bonds is 2. The summed E-state index contributed by atoms with van der Waals surface area (Å²) in [6.45, 7) is 0.848. The van der Waals surface area contributed by atoms with Crippen LogP contribution in [0.4, 0.5) is 0 Å². The summed E-state index contributed by atoms with van der Waals surface area (Å²) in [5, 5.41) is 6.10. The van der Waals surface area contributed by atoms with Crippen LogP contribution in [0.5, 0.6) is 0 Å². The topological polar surface area (TPSA) is 61.0 Å². The van der Waals surface area contributed by atoms with Crippen LogP contribution in [-0.2, 0) is 4.74 Å². The summed E-state index contributed by atoms with van der Waals surface area (Å²) in [4.78, 5) is 0. The highest BCUT2D eigenvalue weighted by atomic mass is 32.2. The molecule has 2 aliphatic rings. The quantitative estimate of drug-likeness (QED) is 0.903. The first-order valence-electron chi connectivity index (χ1n) is 6.53. The molecule has 2 atom stereocenters. The summed E-state index contributed by atoms with van der Waals surface area (Å²) < 4.78 is 10.0. The van der Waals surface area contributed by atoms with Crippen LogP contribution in [0, 0.1) is 5.92 Å². The largest absolute Gasteiger partial charge is 0.375 e. The molecule has 18 heavy (non-hydrogen) atoms. The number of aromatic nitrogens is 2. The third-order valence-corrected chi connectivity index (χ3v) is 5.67. The Morgan fingerprint density at radius 1 is 1.44 bits per heavy atom. The van der Waals surface area contributed by atoms with Gasteiger partial charge in [0.1, 0.15) is 0 Å². The van der Waals surface area contributed by atoms with E-state index in [4.69, 9.17) is 10.5 Å². The van der Waals surface area contributed by atoms with Gasteiger partial charge in [-0.2, -0.15) is 11.8 Å². The van der Waals surface area contributed by atoms with Crippen molar-refractivity contribution in [1.82, 2.24) is 9.59 Å². The van der Waals surface area contributed by atoms with Crippen molar-refractivity contribution in [2.45, 2.75) is 37.3 Å². The highest BCUT2D eigenvalue weighted by Gasteiger charge is 2.40. The summed E-state index contributed by atoms with van der Waals surface area (Å²) in [6.07, 6.45) is 4.49. The average molecular weight is 285 g/mol. The zero-order valence-corrected chi connectivity index (χ0v) is 12.0. The first-order chi connectivity index (χ1) is 8.79. The molecule has 1 aromatic rings. The fraction of sp³-hybridized carbons (Fsp3) is 0.833. The van der Waals surface area contributed by atoms with Crippen molar-refractivity contribution in [3.05, 3.63) is 11.1 Å². The van der Waals surface area contributed by atoms with Gasteiger partial charge in [-0.3, -0.25) is 0 Å². The Morgan fingerprint density at radius 3 is 3.00 bits per heavy atom. The van der Waals surface area contributed by atoms with E-state index in [1.54, 1.807) is 0 Å². The van der Waals surface area contributed by atoms with Crippen molar-refractivity contribution in [2.75, 3.05) is 18.1 Å². The van der Waals surface area contributed by atoms with Gasteiger partial charge in [-0.1, -0.05) is 4.49 Å². The molecule has 6 heteroatoms. The molecule has 0 radical (unpaired) electrons. The predicted molar refractivity (Wildman–Crippen MR) is 74.8 cm³/mol. The minimum atomic E-state index is 0.0269. The molecular weight excluding hydrogens is 266 g/mol. The first kappa shape index (κ1) is 12.8. The van der Waals surface area contributed by atoms with Crippen molar-refractivity contribution >= 4 is 23.3 Å². The van der Waals surface area contributed by atoms with Crippen LogP contribution in [0.2, 0.25) is 0 Å². The second-order valence-electron chi connectivity index (χ2n) is 5.25. The van der Waals surface area contributed by atoms with Crippen LogP contribution in [0.3, 0.4) is 0 Å². The Hall–Kier alpha value is -0.170. The van der Waals surface area contributed by atoms with Crippen molar-refractivity contribution in [2.24, 2.45) is 11.7 Å². The fourth-order valence-corrected chi connectivity index (χ4v) is 4.76. The van der Waals surface area contributed by atoms with Crippen LogP contribution in [0.1, 0.15) is 37.4 Å². The number of ether oxygens (including phenoxy) is 1. The Balaban J connectivity index is 1.70. The minimum absolute atomic E-state index is 0.0269. The fourth-order valence-electron chi connectivity index (χ4n) is 3.02. The number of nitrogens with zero attached hydrogens (tertiary/aromatic N) is 2. The molecular formula is C12H19N3OS2. The van der Waals surface area contributed by atoms with E-state index in [0.717, 1.165) is 25.1 Å². The summed E-state index contributed by atoms with van der Waals surface area (Å²) in [5.74, 6) is 2.94. The van der Waals surface area contributed by atoms with Gasteiger partial charge in [-0.25, -0.2) is 0 Å². The highest BCUT2D eigenvalue weighted by Crippen LogP contribution is 2.42. The zero-order chi connectivity index (χ0) is 12.4. The van der Waals surface area contributed by atoms with Crippen LogP contribution in [-0.4, -0.2) is 33.3 Å². The molecule has 0 aromatic carbocycles. The molecule has 1 spiro atoms. The van der Waals surface area contributed by atoms with Crippen molar-refractivity contribution in [1.29, 1.82) is 0 Å². The highest BCUT2D eigenvalue weighted by molar-refractivity contribution is 7.99. The van der Waals surface area contributed by atoms with Gasteiger partial charge in [0, 0.05) is 12.0 Å².